The van der Waals surface area contributed by atoms with Crippen LogP contribution in [0, 0.1) is 0 Å². The van der Waals surface area contributed by atoms with Crippen LogP contribution in [0.5, 0.6) is 23.0 Å². The van der Waals surface area contributed by atoms with Crippen LogP contribution in [-0.2, 0) is 22.7 Å². The lowest BCUT2D eigenvalue weighted by atomic mass is 9.95. The van der Waals surface area contributed by atoms with Crippen LogP contribution in [0.15, 0.2) is 97.1 Å². The highest BCUT2D eigenvalue weighted by Crippen LogP contribution is 2.50. The Morgan fingerprint density at radius 2 is 1.00 bits per heavy atom. The average Bonchev–Trinajstić information content (AvgIpc) is 3.20. The Morgan fingerprint density at radius 3 is 1.36 bits per heavy atom. The number of aliphatic hydroxyl groups excluding tert-OH is 4. The highest BCUT2D eigenvalue weighted by molar-refractivity contribution is 8.01. The lowest BCUT2D eigenvalue weighted by molar-refractivity contribution is -0.174. The van der Waals surface area contributed by atoms with Gasteiger partial charge in [0.05, 0.1) is 52.7 Å². The van der Waals surface area contributed by atoms with Gasteiger partial charge in [0.2, 0.25) is 0 Å². The molecule has 0 unspecified atom stereocenters. The second kappa shape index (κ2) is 18.1. The summed E-state index contributed by atoms with van der Waals surface area (Å²) in [4.78, 5) is -4.64. The van der Waals surface area contributed by atoms with Crippen molar-refractivity contribution in [2.45, 2.75) is 59.6 Å². The molecule has 2 heterocycles. The SMILES string of the molecule is COc1cc(N[C@H]2[C@@H](O)CO[C@H](CO)[C@]2(O)S[C@@]2(O)[C@@H](CO)OC[C@H](O)[C@@H]2Nc2cc(OC)cc(OCc3ccccc3)c2)cc(OCc2ccccc2)c1. The number of hydrogen-bond donors (Lipinski definition) is 8. The first kappa shape index (κ1) is 40.4. The third-order valence-electron chi connectivity index (χ3n) is 9.55. The smallest absolute Gasteiger partial charge is 0.164 e. The van der Waals surface area contributed by atoms with Gasteiger partial charge in [0, 0.05) is 47.8 Å². The first-order valence-electron chi connectivity index (χ1n) is 17.8. The molecular weight excluding hydrogens is 733 g/mol. The van der Waals surface area contributed by atoms with E-state index >= 15 is 0 Å². The standard InChI is InChI=1S/C40H48N2O12S/c1-49-29-13-27(15-31(17-29)51-21-25-9-5-3-6-10-25)41-37-33(45)23-53-35(19-43)39(37,47)55-40(48)36(20-44)54-24-34(46)38(40)42-28-14-30(50-2)18-32(16-28)52-22-26-11-7-4-8-12-26/h3-18,33-38,41-48H,19-24H2,1-2H3/t33-,34-,35+,36+,37-,38-,39-,40-/m0/s1. The molecule has 4 aromatic carbocycles. The second-order valence-corrected chi connectivity index (χ2v) is 14.8. The van der Waals surface area contributed by atoms with E-state index in [9.17, 15) is 30.6 Å². The zero-order valence-electron chi connectivity index (χ0n) is 30.5. The van der Waals surface area contributed by atoms with Crippen molar-refractivity contribution in [3.8, 4) is 23.0 Å². The van der Waals surface area contributed by atoms with E-state index in [4.69, 9.17) is 28.4 Å². The van der Waals surface area contributed by atoms with Gasteiger partial charge in [-0.3, -0.25) is 0 Å². The number of thioether (sulfide) groups is 1. The molecule has 55 heavy (non-hydrogen) atoms. The number of nitrogens with one attached hydrogen (secondary N) is 2. The van der Waals surface area contributed by atoms with Crippen LogP contribution in [0.2, 0.25) is 0 Å². The molecule has 0 radical (unpaired) electrons. The number of benzene rings is 4. The summed E-state index contributed by atoms with van der Waals surface area (Å²) in [6.45, 7) is -1.44. The predicted molar refractivity (Wildman–Crippen MR) is 206 cm³/mol. The molecule has 0 spiro atoms. The predicted octanol–water partition coefficient (Wildman–Crippen LogP) is 2.74. The third-order valence-corrected chi connectivity index (χ3v) is 11.2. The maximum atomic E-state index is 12.6. The molecule has 2 aliphatic heterocycles. The van der Waals surface area contributed by atoms with Crippen molar-refractivity contribution in [2.75, 3.05) is 51.3 Å². The number of aliphatic hydroxyl groups is 6. The van der Waals surface area contributed by atoms with Crippen LogP contribution in [0.25, 0.3) is 0 Å². The zero-order chi connectivity index (χ0) is 39.0. The Bertz CT molecular complexity index is 1700. The minimum Gasteiger partial charge on any atom is -0.497 e. The Labute approximate surface area is 323 Å². The fourth-order valence-corrected chi connectivity index (χ4v) is 8.41. The van der Waals surface area contributed by atoms with Crippen molar-refractivity contribution in [3.05, 3.63) is 108 Å². The largest absolute Gasteiger partial charge is 0.497 e. The number of ether oxygens (including phenoxy) is 6. The lowest BCUT2D eigenvalue weighted by Gasteiger charge is -2.54. The molecule has 2 fully saturated rings. The average molecular weight is 781 g/mol. The normalized spacial score (nSPS) is 27.9. The van der Waals surface area contributed by atoms with Crippen LogP contribution in [0.3, 0.4) is 0 Å². The van der Waals surface area contributed by atoms with Gasteiger partial charge >= 0.3 is 0 Å². The van der Waals surface area contributed by atoms with Crippen molar-refractivity contribution < 1.29 is 59.1 Å². The highest BCUT2D eigenvalue weighted by atomic mass is 32.2. The fourth-order valence-electron chi connectivity index (χ4n) is 6.65. The molecule has 6 rings (SSSR count). The van der Waals surface area contributed by atoms with Gasteiger partial charge in [-0.2, -0.15) is 0 Å². The molecule has 0 aliphatic carbocycles. The number of methoxy groups -OCH3 is 2. The first-order valence-corrected chi connectivity index (χ1v) is 18.6. The molecule has 2 saturated heterocycles. The lowest BCUT2D eigenvalue weighted by Crippen LogP contribution is -2.71. The van der Waals surface area contributed by atoms with Crippen LogP contribution >= 0.6 is 11.8 Å². The molecular formula is C40H48N2O12S. The van der Waals surface area contributed by atoms with Crippen molar-refractivity contribution in [2.24, 2.45) is 0 Å². The summed E-state index contributed by atoms with van der Waals surface area (Å²) in [6.07, 6.45) is -5.48. The maximum absolute atomic E-state index is 12.6. The van der Waals surface area contributed by atoms with Gasteiger partial charge in [0.15, 0.2) is 9.87 Å². The van der Waals surface area contributed by atoms with Crippen LogP contribution in [0.1, 0.15) is 11.1 Å². The van der Waals surface area contributed by atoms with Crippen molar-refractivity contribution >= 4 is 23.1 Å². The van der Waals surface area contributed by atoms with Crippen LogP contribution < -0.4 is 29.6 Å². The molecule has 4 aromatic rings. The van der Waals surface area contributed by atoms with Gasteiger partial charge in [-0.25, -0.2) is 0 Å². The summed E-state index contributed by atoms with van der Waals surface area (Å²) in [5.74, 6) is 1.70. The fraction of sp³-hybridized carbons (Fsp3) is 0.400. The Hall–Kier alpha value is -4.29. The van der Waals surface area contributed by atoms with Gasteiger partial charge in [0.25, 0.3) is 0 Å². The topological polar surface area (TPSA) is 201 Å². The molecule has 2 aliphatic rings. The Morgan fingerprint density at radius 1 is 0.618 bits per heavy atom. The third kappa shape index (κ3) is 9.40. The summed E-state index contributed by atoms with van der Waals surface area (Å²) >= 11 is 0.488. The van der Waals surface area contributed by atoms with E-state index in [-0.39, 0.29) is 26.4 Å². The van der Waals surface area contributed by atoms with Gasteiger partial charge < -0.3 is 69.7 Å². The summed E-state index contributed by atoms with van der Waals surface area (Å²) in [7, 11) is 2.98. The minimum absolute atomic E-state index is 0.264. The number of hydrogen-bond acceptors (Lipinski definition) is 15. The van der Waals surface area contributed by atoms with Crippen LogP contribution in [-0.4, -0.2) is 118 Å². The highest BCUT2D eigenvalue weighted by Gasteiger charge is 2.62. The summed E-state index contributed by atoms with van der Waals surface area (Å²) in [5, 5.41) is 75.3. The van der Waals surface area contributed by atoms with Gasteiger partial charge in [-0.15, -0.1) is 0 Å². The van der Waals surface area contributed by atoms with Crippen molar-refractivity contribution in [3.63, 3.8) is 0 Å². The summed E-state index contributed by atoms with van der Waals surface area (Å²) in [6, 6.07) is 26.5. The van der Waals surface area contributed by atoms with E-state index in [1.807, 2.05) is 60.7 Å². The van der Waals surface area contributed by atoms with E-state index in [1.54, 1.807) is 36.4 Å². The molecule has 15 heteroatoms. The van der Waals surface area contributed by atoms with E-state index in [1.165, 1.54) is 14.2 Å². The monoisotopic (exact) mass is 780 g/mol. The minimum atomic E-state index is -2.32. The molecule has 0 amide bonds. The zero-order valence-corrected chi connectivity index (χ0v) is 31.3. The van der Waals surface area contributed by atoms with Crippen molar-refractivity contribution in [1.82, 2.24) is 0 Å². The van der Waals surface area contributed by atoms with E-state index in [0.29, 0.717) is 46.1 Å². The van der Waals surface area contributed by atoms with E-state index in [0.717, 1.165) is 11.1 Å². The van der Waals surface area contributed by atoms with Gasteiger partial charge in [-0.1, -0.05) is 72.4 Å². The maximum Gasteiger partial charge on any atom is 0.164 e. The molecule has 0 bridgehead atoms. The van der Waals surface area contributed by atoms with E-state index in [2.05, 4.69) is 10.6 Å². The van der Waals surface area contributed by atoms with Crippen molar-refractivity contribution in [1.29, 1.82) is 0 Å². The Balaban J connectivity index is 1.31. The molecule has 8 atom stereocenters. The summed E-state index contributed by atoms with van der Waals surface area (Å²) in [5.41, 5.74) is 2.63. The molecule has 0 saturated carbocycles. The van der Waals surface area contributed by atoms with E-state index < -0.39 is 59.6 Å². The quantitative estimate of drug-likeness (QED) is 0.0772. The molecule has 296 valence electrons. The van der Waals surface area contributed by atoms with Gasteiger partial charge in [0.1, 0.15) is 60.6 Å². The Kier molecular flexibility index (Phi) is 13.3. The molecule has 8 N–H and O–H groups in total. The number of rotatable bonds is 16. The van der Waals surface area contributed by atoms with Gasteiger partial charge in [-0.05, 0) is 11.1 Å². The molecule has 14 nitrogen and oxygen atoms in total. The van der Waals surface area contributed by atoms with Crippen LogP contribution in [0.4, 0.5) is 11.4 Å². The first-order chi connectivity index (χ1) is 26.6. The second-order valence-electron chi connectivity index (χ2n) is 13.3. The summed E-state index contributed by atoms with van der Waals surface area (Å²) < 4.78 is 34.6. The number of anilines is 2. The molecule has 0 aromatic heterocycles.